The smallest absolute Gasteiger partial charge is 0.313 e. The van der Waals surface area contributed by atoms with E-state index in [0.29, 0.717) is 0 Å². The van der Waals surface area contributed by atoms with Gasteiger partial charge in [-0.2, -0.15) is 13.2 Å². The fraction of sp³-hybridized carbons (Fsp3) is 0.622. The summed E-state index contributed by atoms with van der Waals surface area (Å²) >= 11 is 0. The molecule has 2 N–H and O–H groups in total. The van der Waals surface area contributed by atoms with Gasteiger partial charge in [-0.05, 0) is 53.2 Å². The molecule has 0 spiro atoms. The van der Waals surface area contributed by atoms with Crippen molar-refractivity contribution in [3.63, 3.8) is 0 Å². The zero-order valence-electron chi connectivity index (χ0n) is 30.2. The maximum Gasteiger partial charge on any atom is 0.407 e. The van der Waals surface area contributed by atoms with E-state index in [2.05, 4.69) is 37.6 Å². The molecule has 0 saturated heterocycles. The monoisotopic (exact) mass is 601 g/mol. The Kier molecular flexibility index (Phi) is 54.2. The molecule has 1 atom stereocenters. The Morgan fingerprint density at radius 3 is 1.60 bits per heavy atom. The first-order chi connectivity index (χ1) is 20.0. The molecule has 1 unspecified atom stereocenters. The second-order valence-corrected chi connectivity index (χ2v) is 8.36. The van der Waals surface area contributed by atoms with Crippen molar-refractivity contribution in [3.05, 3.63) is 84.1 Å². The van der Waals surface area contributed by atoms with E-state index in [4.69, 9.17) is 0 Å². The molecule has 0 amide bonds. The minimum Gasteiger partial charge on any atom is -0.313 e. The molecule has 0 bridgehead atoms. The van der Waals surface area contributed by atoms with E-state index in [9.17, 15) is 13.2 Å². The van der Waals surface area contributed by atoms with Crippen molar-refractivity contribution < 1.29 is 13.2 Å². The Balaban J connectivity index is -0.000000142. The molecule has 0 saturated carbocycles. The lowest BCUT2D eigenvalue weighted by Gasteiger charge is -2.22. The van der Waals surface area contributed by atoms with Gasteiger partial charge in [-0.3, -0.25) is 5.32 Å². The van der Waals surface area contributed by atoms with Gasteiger partial charge in [0, 0.05) is 13.1 Å². The summed E-state index contributed by atoms with van der Waals surface area (Å²) in [6, 6.07) is -1.76. The fourth-order valence-corrected chi connectivity index (χ4v) is 2.67. The van der Waals surface area contributed by atoms with Crippen molar-refractivity contribution in [2.24, 2.45) is 0 Å². The normalized spacial score (nSPS) is 11.9. The topological polar surface area (TPSA) is 24.1 Å². The molecule has 0 aliphatic heterocycles. The predicted molar refractivity (Wildman–Crippen MR) is 190 cm³/mol. The third-order valence-corrected chi connectivity index (χ3v) is 4.84. The van der Waals surface area contributed by atoms with Gasteiger partial charge in [0.2, 0.25) is 0 Å². The molecule has 0 radical (unpaired) electrons. The third kappa shape index (κ3) is 42.4. The van der Waals surface area contributed by atoms with Gasteiger partial charge in [0.05, 0.1) is 0 Å². The number of unbranched alkanes of at least 4 members (excludes halogenated alkanes) is 3. The molecule has 0 rings (SSSR count). The third-order valence-electron chi connectivity index (χ3n) is 4.84. The molecule has 0 heterocycles. The van der Waals surface area contributed by atoms with E-state index in [1.165, 1.54) is 37.3 Å². The first-order valence-electron chi connectivity index (χ1n) is 16.1. The van der Waals surface area contributed by atoms with Crippen molar-refractivity contribution in [2.45, 2.75) is 135 Å². The molecule has 0 aromatic rings. The van der Waals surface area contributed by atoms with Crippen LogP contribution in [0, 0.1) is 0 Å². The lowest BCUT2D eigenvalue weighted by Crippen LogP contribution is -2.43. The largest absolute Gasteiger partial charge is 0.407 e. The summed E-state index contributed by atoms with van der Waals surface area (Å²) in [5.74, 6) is 0. The maximum absolute atomic E-state index is 13.2. The Morgan fingerprint density at radius 1 is 0.714 bits per heavy atom. The average molecular weight is 601 g/mol. The van der Waals surface area contributed by atoms with Crippen molar-refractivity contribution in [3.8, 4) is 0 Å². The van der Waals surface area contributed by atoms with Crippen molar-refractivity contribution in [1.29, 1.82) is 0 Å². The second kappa shape index (κ2) is 43.3. The highest BCUT2D eigenvalue weighted by Crippen LogP contribution is 2.25. The summed E-state index contributed by atoms with van der Waals surface area (Å²) in [6.07, 6.45) is 14.8. The summed E-state index contributed by atoms with van der Waals surface area (Å²) in [5.41, 5.74) is 3.00. The molecule has 0 aromatic heterocycles. The quantitative estimate of drug-likeness (QED) is 0.111. The van der Waals surface area contributed by atoms with E-state index >= 15 is 0 Å². The molecular formula is C37H71F3N2. The van der Waals surface area contributed by atoms with E-state index < -0.39 is 12.2 Å². The number of hydrogen-bond acceptors (Lipinski definition) is 2. The van der Waals surface area contributed by atoms with Crippen LogP contribution >= 0.6 is 0 Å². The van der Waals surface area contributed by atoms with Gasteiger partial charge >= 0.3 is 6.18 Å². The summed E-state index contributed by atoms with van der Waals surface area (Å²) < 4.78 is 39.5. The molecule has 2 nitrogen and oxygen atoms in total. The summed E-state index contributed by atoms with van der Waals surface area (Å²) in [4.78, 5) is 0. The van der Waals surface area contributed by atoms with E-state index in [0.717, 1.165) is 24.2 Å². The molecule has 0 fully saturated rings. The van der Waals surface area contributed by atoms with Gasteiger partial charge in [-0.1, -0.05) is 160 Å². The van der Waals surface area contributed by atoms with E-state index in [1.54, 1.807) is 25.2 Å². The average Bonchev–Trinajstić information content (AvgIpc) is 2.98. The van der Waals surface area contributed by atoms with Crippen LogP contribution in [-0.4, -0.2) is 31.9 Å². The Labute approximate surface area is 262 Å². The van der Waals surface area contributed by atoms with Crippen LogP contribution < -0.4 is 10.6 Å². The number of allylic oxidation sites excluding steroid dienone is 8. The number of nitrogens with one attached hydrogen (secondary N) is 2. The standard InChI is InChI=1S/C19H26F3N.C10H21N.4C2H6/c1-6-8-10-12-15(3)17(5)14-23-18(19(20,21)22)16(4)13-11-9-7-2;1-4-5-6-7-8-11-9-10(2)3;4*1-2/h6-13,18,23H,4,14H2,1-3,5H3;11H,2,4-9H2,1,3H3;4*1-2H3/b8-6-,9-7-,12-10-,13-11-,17-15-;;;;;. The summed E-state index contributed by atoms with van der Waals surface area (Å²) in [7, 11) is 0. The number of rotatable bonds is 15. The highest BCUT2D eigenvalue weighted by Gasteiger charge is 2.40. The van der Waals surface area contributed by atoms with Crippen LogP contribution in [0.4, 0.5) is 13.2 Å². The molecule has 5 heteroatoms. The van der Waals surface area contributed by atoms with Crippen LogP contribution in [-0.2, 0) is 0 Å². The molecule has 42 heavy (non-hydrogen) atoms. The lowest BCUT2D eigenvalue weighted by molar-refractivity contribution is -0.145. The lowest BCUT2D eigenvalue weighted by atomic mass is 10.1. The molecule has 0 aliphatic carbocycles. The highest BCUT2D eigenvalue weighted by atomic mass is 19.4. The van der Waals surface area contributed by atoms with Crippen LogP contribution in [0.1, 0.15) is 123 Å². The zero-order chi connectivity index (χ0) is 34.4. The Morgan fingerprint density at radius 2 is 1.19 bits per heavy atom. The van der Waals surface area contributed by atoms with Gasteiger partial charge in [0.15, 0.2) is 0 Å². The Bertz CT molecular complexity index is 709. The molecule has 0 aliphatic rings. The molecular weight excluding hydrogens is 529 g/mol. The van der Waals surface area contributed by atoms with Crippen molar-refractivity contribution in [2.75, 3.05) is 19.6 Å². The molecule has 250 valence electrons. The molecule has 0 aromatic carbocycles. The number of hydrogen-bond donors (Lipinski definition) is 2. The SMILES string of the molecule is C=C(/C=C\C=C/C)C(NC\C(C)=C(C)/C=C\C=C/C)C(F)(F)F.C=C(C)CNCCCCCC.CC.CC.CC.CC. The second-order valence-electron chi connectivity index (χ2n) is 8.36. The van der Waals surface area contributed by atoms with Crippen molar-refractivity contribution in [1.82, 2.24) is 10.6 Å². The fourth-order valence-electron chi connectivity index (χ4n) is 2.67. The van der Waals surface area contributed by atoms with Crippen molar-refractivity contribution >= 4 is 0 Å². The van der Waals surface area contributed by atoms with Crippen LogP contribution in [0.2, 0.25) is 0 Å². The van der Waals surface area contributed by atoms with Gasteiger partial charge in [-0.25, -0.2) is 0 Å². The van der Waals surface area contributed by atoms with Gasteiger partial charge in [0.25, 0.3) is 0 Å². The van der Waals surface area contributed by atoms with Gasteiger partial charge < -0.3 is 5.32 Å². The van der Waals surface area contributed by atoms with Crippen LogP contribution in [0.15, 0.2) is 84.1 Å². The van der Waals surface area contributed by atoms with Crippen LogP contribution in [0.5, 0.6) is 0 Å². The first-order valence-corrected chi connectivity index (χ1v) is 16.1. The predicted octanol–water partition coefficient (Wildman–Crippen LogP) is 12.5. The number of alkyl halides is 3. The summed E-state index contributed by atoms with van der Waals surface area (Å²) in [5, 5.41) is 5.89. The highest BCUT2D eigenvalue weighted by molar-refractivity contribution is 5.28. The summed E-state index contributed by atoms with van der Waals surface area (Å²) in [6.45, 7) is 37.3. The van der Waals surface area contributed by atoms with Gasteiger partial charge in [-0.15, -0.1) is 0 Å². The van der Waals surface area contributed by atoms with E-state index in [-0.39, 0.29) is 12.1 Å². The number of halogens is 3. The minimum absolute atomic E-state index is 0.00879. The van der Waals surface area contributed by atoms with Crippen LogP contribution in [0.25, 0.3) is 0 Å². The van der Waals surface area contributed by atoms with E-state index in [1.807, 2.05) is 100 Å². The first kappa shape index (κ1) is 52.5. The van der Waals surface area contributed by atoms with Crippen LogP contribution in [0.3, 0.4) is 0 Å². The Hall–Kier alpha value is -2.11. The maximum atomic E-state index is 13.2. The van der Waals surface area contributed by atoms with Gasteiger partial charge in [0.1, 0.15) is 6.04 Å². The zero-order valence-corrected chi connectivity index (χ0v) is 30.2. The minimum atomic E-state index is -4.38.